The molecule has 14 heavy (non-hydrogen) atoms. The smallest absolute Gasteiger partial charge is 0.307 e. The summed E-state index contributed by atoms with van der Waals surface area (Å²) in [4.78, 5) is 20.1. The Morgan fingerprint density at radius 1 is 1.36 bits per heavy atom. The molecule has 0 saturated heterocycles. The Hall–Kier alpha value is -1.58. The van der Waals surface area contributed by atoms with Crippen LogP contribution in [0.3, 0.4) is 0 Å². The first-order chi connectivity index (χ1) is 6.43. The molecule has 0 aromatic carbocycles. The van der Waals surface area contributed by atoms with Crippen molar-refractivity contribution in [1.82, 2.24) is 5.32 Å². The molecule has 1 amide bonds. The van der Waals surface area contributed by atoms with E-state index in [1.807, 2.05) is 13.8 Å². The summed E-state index contributed by atoms with van der Waals surface area (Å²) in [6, 6.07) is 0.209. The Morgan fingerprint density at radius 3 is 1.93 bits per heavy atom. The van der Waals surface area contributed by atoms with E-state index in [2.05, 4.69) is 23.2 Å². The minimum atomic E-state index is -0.329. The lowest BCUT2D eigenvalue weighted by Gasteiger charge is -2.02. The van der Waals surface area contributed by atoms with Crippen LogP contribution in [0.1, 0.15) is 20.8 Å². The van der Waals surface area contributed by atoms with Gasteiger partial charge in [-0.1, -0.05) is 13.2 Å². The Kier molecular flexibility index (Phi) is 10.1. The predicted molar refractivity (Wildman–Crippen MR) is 55.4 cm³/mol. The van der Waals surface area contributed by atoms with Crippen molar-refractivity contribution in [3.05, 3.63) is 25.5 Å². The quantitative estimate of drug-likeness (QED) is 0.424. The maximum Gasteiger partial charge on any atom is 0.307 e. The summed E-state index contributed by atoms with van der Waals surface area (Å²) in [5, 5.41) is 2.64. The summed E-state index contributed by atoms with van der Waals surface area (Å²) >= 11 is 0. The van der Waals surface area contributed by atoms with Gasteiger partial charge in [0, 0.05) is 13.0 Å². The van der Waals surface area contributed by atoms with Gasteiger partial charge in [0.1, 0.15) is 0 Å². The molecule has 0 aliphatic rings. The summed E-state index contributed by atoms with van der Waals surface area (Å²) in [6.07, 6.45) is 2.36. The summed E-state index contributed by atoms with van der Waals surface area (Å²) in [5.74, 6) is -0.440. The Labute approximate surface area is 84.6 Å². The van der Waals surface area contributed by atoms with E-state index < -0.39 is 0 Å². The largest absolute Gasteiger partial charge is 0.435 e. The summed E-state index contributed by atoms with van der Waals surface area (Å²) in [5.41, 5.74) is 0. The number of carbonyl (C=O) groups excluding carboxylic acids is 2. The maximum absolute atomic E-state index is 10.4. The molecule has 1 N–H and O–H groups in total. The number of hydrogen-bond acceptors (Lipinski definition) is 3. The molecule has 0 aromatic heterocycles. The van der Waals surface area contributed by atoms with Crippen molar-refractivity contribution >= 4 is 11.9 Å². The zero-order valence-corrected chi connectivity index (χ0v) is 8.87. The molecule has 0 aliphatic carbocycles. The Morgan fingerprint density at radius 2 is 1.86 bits per heavy atom. The van der Waals surface area contributed by atoms with E-state index in [4.69, 9.17) is 0 Å². The van der Waals surface area contributed by atoms with Crippen LogP contribution in [0.4, 0.5) is 0 Å². The first kappa shape index (κ1) is 14.9. The standard InChI is InChI=1S/C6H11NO.C4H6O2/c1-4-6(8)7-5(2)3;1-3-6-4(2)5/h4-5H,1H2,2-3H3,(H,7,8);3H,1H2,2H3. The second kappa shape index (κ2) is 9.51. The van der Waals surface area contributed by atoms with Crippen LogP contribution in [0.15, 0.2) is 25.5 Å². The van der Waals surface area contributed by atoms with Crippen molar-refractivity contribution in [1.29, 1.82) is 0 Å². The molecule has 0 atom stereocenters. The van der Waals surface area contributed by atoms with Crippen LogP contribution < -0.4 is 5.32 Å². The van der Waals surface area contributed by atoms with Crippen molar-refractivity contribution in [3.8, 4) is 0 Å². The van der Waals surface area contributed by atoms with Gasteiger partial charge in [-0.15, -0.1) is 0 Å². The molecule has 0 aliphatic heterocycles. The maximum atomic E-state index is 10.4. The molecule has 0 spiro atoms. The van der Waals surface area contributed by atoms with Crippen molar-refractivity contribution < 1.29 is 14.3 Å². The van der Waals surface area contributed by atoms with Crippen LogP contribution >= 0.6 is 0 Å². The molecule has 0 rings (SSSR count). The molecule has 4 heteroatoms. The van der Waals surface area contributed by atoms with Gasteiger partial charge in [-0.05, 0) is 19.9 Å². The Balaban J connectivity index is 0. The molecule has 0 fully saturated rings. The van der Waals surface area contributed by atoms with E-state index in [9.17, 15) is 9.59 Å². The van der Waals surface area contributed by atoms with Gasteiger partial charge >= 0.3 is 5.97 Å². The van der Waals surface area contributed by atoms with Crippen LogP contribution in [0.2, 0.25) is 0 Å². The Bertz CT molecular complexity index is 209. The highest BCUT2D eigenvalue weighted by Gasteiger charge is 1.93. The molecule has 0 bridgehead atoms. The number of nitrogens with one attached hydrogen (secondary N) is 1. The van der Waals surface area contributed by atoms with Crippen LogP contribution in [0.5, 0.6) is 0 Å². The van der Waals surface area contributed by atoms with Gasteiger partial charge in [0.2, 0.25) is 5.91 Å². The van der Waals surface area contributed by atoms with Crippen molar-refractivity contribution in [2.45, 2.75) is 26.8 Å². The second-order valence-corrected chi connectivity index (χ2v) is 2.64. The lowest BCUT2D eigenvalue weighted by atomic mass is 10.4. The van der Waals surface area contributed by atoms with Gasteiger partial charge in [-0.2, -0.15) is 0 Å². The third-order valence-electron chi connectivity index (χ3n) is 0.866. The SMILES string of the molecule is C=CC(=O)NC(C)C.C=COC(C)=O. The van der Waals surface area contributed by atoms with Gasteiger partial charge in [-0.3, -0.25) is 9.59 Å². The zero-order chi connectivity index (χ0) is 11.6. The summed E-state index contributed by atoms with van der Waals surface area (Å²) in [6.45, 7) is 11.6. The highest BCUT2D eigenvalue weighted by Crippen LogP contribution is 1.75. The number of carbonyl (C=O) groups is 2. The second-order valence-electron chi connectivity index (χ2n) is 2.64. The van der Waals surface area contributed by atoms with E-state index >= 15 is 0 Å². The van der Waals surface area contributed by atoms with E-state index in [0.29, 0.717) is 0 Å². The topological polar surface area (TPSA) is 55.4 Å². The third kappa shape index (κ3) is 16.8. The van der Waals surface area contributed by atoms with E-state index in [1.165, 1.54) is 13.0 Å². The third-order valence-corrected chi connectivity index (χ3v) is 0.866. The first-order valence-corrected chi connectivity index (χ1v) is 4.15. The lowest BCUT2D eigenvalue weighted by molar-refractivity contribution is -0.135. The van der Waals surface area contributed by atoms with Gasteiger partial charge in [0.05, 0.1) is 6.26 Å². The molecule has 80 valence electrons. The van der Waals surface area contributed by atoms with E-state index in [1.54, 1.807) is 0 Å². The molecule has 0 unspecified atom stereocenters. The average molecular weight is 199 g/mol. The fraction of sp³-hybridized carbons (Fsp3) is 0.400. The zero-order valence-electron chi connectivity index (χ0n) is 8.87. The fourth-order valence-corrected chi connectivity index (χ4v) is 0.461. The number of rotatable bonds is 3. The van der Waals surface area contributed by atoms with E-state index in [0.717, 1.165) is 6.26 Å². The highest BCUT2D eigenvalue weighted by atomic mass is 16.5. The minimum absolute atomic E-state index is 0.111. The van der Waals surface area contributed by atoms with Crippen molar-refractivity contribution in [2.75, 3.05) is 0 Å². The number of esters is 1. The monoisotopic (exact) mass is 199 g/mol. The van der Waals surface area contributed by atoms with E-state index in [-0.39, 0.29) is 17.9 Å². The molecular weight excluding hydrogens is 182 g/mol. The van der Waals surface area contributed by atoms with Crippen LogP contribution in [0, 0.1) is 0 Å². The fourth-order valence-electron chi connectivity index (χ4n) is 0.461. The van der Waals surface area contributed by atoms with Gasteiger partial charge in [0.15, 0.2) is 0 Å². The summed E-state index contributed by atoms with van der Waals surface area (Å²) in [7, 11) is 0. The van der Waals surface area contributed by atoms with Gasteiger partial charge in [-0.25, -0.2) is 0 Å². The number of hydrogen-bond donors (Lipinski definition) is 1. The van der Waals surface area contributed by atoms with Crippen LogP contribution in [-0.4, -0.2) is 17.9 Å². The molecule has 0 aromatic rings. The number of ether oxygens (including phenoxy) is 1. The van der Waals surface area contributed by atoms with Crippen molar-refractivity contribution in [3.63, 3.8) is 0 Å². The average Bonchev–Trinajstić information content (AvgIpc) is 2.03. The molecule has 4 nitrogen and oxygen atoms in total. The van der Waals surface area contributed by atoms with Gasteiger partial charge in [0.25, 0.3) is 0 Å². The normalized spacial score (nSPS) is 8.00. The first-order valence-electron chi connectivity index (χ1n) is 4.15. The van der Waals surface area contributed by atoms with Crippen molar-refractivity contribution in [2.24, 2.45) is 0 Å². The molecule has 0 heterocycles. The molecular formula is C10H17NO3. The van der Waals surface area contributed by atoms with Crippen LogP contribution in [-0.2, 0) is 14.3 Å². The molecule has 0 radical (unpaired) electrons. The lowest BCUT2D eigenvalue weighted by Crippen LogP contribution is -2.27. The highest BCUT2D eigenvalue weighted by molar-refractivity contribution is 5.86. The predicted octanol–water partition coefficient (Wildman–Crippen LogP) is 1.39. The van der Waals surface area contributed by atoms with Crippen LogP contribution in [0.25, 0.3) is 0 Å². The number of amides is 1. The summed E-state index contributed by atoms with van der Waals surface area (Å²) < 4.78 is 4.17. The molecule has 0 saturated carbocycles. The minimum Gasteiger partial charge on any atom is -0.435 e. The van der Waals surface area contributed by atoms with Gasteiger partial charge < -0.3 is 10.1 Å².